The van der Waals surface area contributed by atoms with Crippen molar-refractivity contribution in [2.45, 2.75) is 5.92 Å². The maximum atomic E-state index is 12.5. The van der Waals surface area contributed by atoms with Crippen LogP contribution in [0.3, 0.4) is 0 Å². The molecule has 0 saturated carbocycles. The average Bonchev–Trinajstić information content (AvgIpc) is 2.03. The first-order valence-corrected chi connectivity index (χ1v) is 3.39. The zero-order valence-corrected chi connectivity index (χ0v) is 6.54. The maximum absolute atomic E-state index is 12.5. The van der Waals surface area contributed by atoms with Crippen LogP contribution in [0.5, 0.6) is 0 Å². The number of non-ortho nitro benzene ring substituents is 1. The van der Waals surface area contributed by atoms with E-state index in [1.165, 1.54) is 0 Å². The van der Waals surface area contributed by atoms with Gasteiger partial charge in [-0.15, -0.1) is 0 Å². The number of nitro groups is 1. The molecule has 0 fully saturated rings. The largest absolute Gasteiger partial charge is 0.273 e. The second-order valence-electron chi connectivity index (χ2n) is 2.51. The van der Waals surface area contributed by atoms with E-state index < -0.39 is 10.8 Å². The molecule has 0 aliphatic carbocycles. The molecule has 69 valence electrons. The van der Waals surface area contributed by atoms with Gasteiger partial charge >= 0.3 is 0 Å². The van der Waals surface area contributed by atoms with Gasteiger partial charge in [0, 0.05) is 24.6 Å². The van der Waals surface area contributed by atoms with Crippen LogP contribution < -0.4 is 0 Å². The van der Waals surface area contributed by atoms with Crippen LogP contribution in [-0.4, -0.2) is 4.92 Å². The fraction of sp³-hybridized carbons (Fsp3) is 0.125. The molecule has 0 unspecified atom stereocenters. The van der Waals surface area contributed by atoms with Crippen LogP contribution in [0, 0.1) is 17.0 Å². The highest BCUT2D eigenvalue weighted by Gasteiger charge is 2.24. The summed E-state index contributed by atoms with van der Waals surface area (Å²) >= 11 is 0. The van der Waals surface area contributed by atoms with Crippen molar-refractivity contribution in [3.63, 3.8) is 0 Å². The number of nitro benzene ring substituents is 1. The summed E-state index contributed by atoms with van der Waals surface area (Å²) in [6, 6.07) is 4.03. The summed E-state index contributed by atoms with van der Waals surface area (Å²) in [7, 11) is 0. The van der Waals surface area contributed by atoms with Crippen LogP contribution in [0.4, 0.5) is 14.5 Å². The molecular weight excluding hydrogens is 180 g/mol. The number of rotatable bonds is 2. The highest BCUT2D eigenvalue weighted by Crippen LogP contribution is 2.27. The molecule has 3 nitrogen and oxygen atoms in total. The minimum atomic E-state index is -3.20. The fourth-order valence-electron chi connectivity index (χ4n) is 0.827. The number of benzene rings is 1. The predicted molar refractivity (Wildman–Crippen MR) is 42.3 cm³/mol. The van der Waals surface area contributed by atoms with Gasteiger partial charge < -0.3 is 0 Å². The second-order valence-corrected chi connectivity index (χ2v) is 2.51. The van der Waals surface area contributed by atoms with E-state index in [9.17, 15) is 18.9 Å². The fourth-order valence-corrected chi connectivity index (χ4v) is 0.827. The quantitative estimate of drug-likeness (QED) is 0.526. The average molecular weight is 186 g/mol. The summed E-state index contributed by atoms with van der Waals surface area (Å²) in [5, 5.41) is 10.2. The first kappa shape index (κ1) is 9.57. The minimum absolute atomic E-state index is 0.215. The lowest BCUT2D eigenvalue weighted by molar-refractivity contribution is -0.384. The highest BCUT2D eigenvalue weighted by molar-refractivity contribution is 5.34. The van der Waals surface area contributed by atoms with Crippen LogP contribution in [0.2, 0.25) is 0 Å². The van der Waals surface area contributed by atoms with Gasteiger partial charge in [-0.1, -0.05) is 0 Å². The normalized spacial score (nSPS) is 11.3. The molecule has 1 radical (unpaired) electrons. The van der Waals surface area contributed by atoms with E-state index in [2.05, 4.69) is 6.92 Å². The molecule has 0 spiro atoms. The van der Waals surface area contributed by atoms with E-state index >= 15 is 0 Å². The van der Waals surface area contributed by atoms with E-state index in [4.69, 9.17) is 0 Å². The number of hydrogen-bond donors (Lipinski definition) is 0. The minimum Gasteiger partial charge on any atom is -0.258 e. The van der Waals surface area contributed by atoms with Gasteiger partial charge in [0.05, 0.1) is 4.92 Å². The summed E-state index contributed by atoms with van der Waals surface area (Å²) in [6.07, 6.45) is 0. The second kappa shape index (κ2) is 3.08. The lowest BCUT2D eigenvalue weighted by Crippen LogP contribution is -2.06. The monoisotopic (exact) mass is 186 g/mol. The van der Waals surface area contributed by atoms with Crippen molar-refractivity contribution in [3.05, 3.63) is 46.9 Å². The molecule has 13 heavy (non-hydrogen) atoms. The summed E-state index contributed by atoms with van der Waals surface area (Å²) < 4.78 is 25.0. The topological polar surface area (TPSA) is 43.1 Å². The number of nitrogens with zero attached hydrogens (tertiary/aromatic N) is 1. The first-order valence-electron chi connectivity index (χ1n) is 3.39. The van der Waals surface area contributed by atoms with Crippen molar-refractivity contribution >= 4 is 5.69 Å². The van der Waals surface area contributed by atoms with E-state index in [0.29, 0.717) is 0 Å². The van der Waals surface area contributed by atoms with Gasteiger partial charge in [0.2, 0.25) is 0 Å². The van der Waals surface area contributed by atoms with Crippen LogP contribution in [-0.2, 0) is 5.92 Å². The Bertz CT molecular complexity index is 316. The zero-order valence-electron chi connectivity index (χ0n) is 6.54. The summed E-state index contributed by atoms with van der Waals surface area (Å²) in [5.41, 5.74) is -0.550. The van der Waals surface area contributed by atoms with E-state index in [0.717, 1.165) is 24.3 Å². The van der Waals surface area contributed by atoms with Gasteiger partial charge in [0.15, 0.2) is 0 Å². The number of alkyl halides is 2. The summed E-state index contributed by atoms with van der Waals surface area (Å²) in [4.78, 5) is 9.52. The Balaban J connectivity index is 3.01. The lowest BCUT2D eigenvalue weighted by atomic mass is 10.1. The van der Waals surface area contributed by atoms with Gasteiger partial charge in [0.1, 0.15) is 0 Å². The molecule has 0 atom stereocenters. The van der Waals surface area contributed by atoms with Gasteiger partial charge in [0.25, 0.3) is 11.6 Å². The highest BCUT2D eigenvalue weighted by atomic mass is 19.3. The molecule has 0 aliphatic rings. The molecule has 0 amide bonds. The molecule has 0 bridgehead atoms. The zero-order chi connectivity index (χ0) is 10.1. The smallest absolute Gasteiger partial charge is 0.258 e. The molecule has 0 saturated heterocycles. The predicted octanol–water partition coefficient (Wildman–Crippen LogP) is 2.52. The molecule has 0 N–H and O–H groups in total. The van der Waals surface area contributed by atoms with Crippen LogP contribution in [0.25, 0.3) is 0 Å². The third kappa shape index (κ3) is 2.21. The van der Waals surface area contributed by atoms with Crippen molar-refractivity contribution < 1.29 is 13.7 Å². The van der Waals surface area contributed by atoms with Gasteiger partial charge in [-0.3, -0.25) is 10.1 Å². The Kier molecular flexibility index (Phi) is 2.27. The van der Waals surface area contributed by atoms with Crippen molar-refractivity contribution in [3.8, 4) is 0 Å². The van der Waals surface area contributed by atoms with Crippen LogP contribution >= 0.6 is 0 Å². The van der Waals surface area contributed by atoms with E-state index in [1.807, 2.05) is 0 Å². The van der Waals surface area contributed by atoms with Crippen molar-refractivity contribution in [2.75, 3.05) is 0 Å². The summed E-state index contributed by atoms with van der Waals surface area (Å²) in [5.74, 6) is -3.20. The van der Waals surface area contributed by atoms with Gasteiger partial charge in [-0.2, -0.15) is 0 Å². The molecule has 1 aromatic carbocycles. The Morgan fingerprint density at radius 2 is 1.77 bits per heavy atom. The Hall–Kier alpha value is -1.52. The third-order valence-electron chi connectivity index (χ3n) is 1.50. The standard InChI is InChI=1S/C8H6F2NO2/c1-8(9,10)6-2-4-7(5-3-6)11(12)13/h2-5H,1H2. The Morgan fingerprint density at radius 3 is 2.08 bits per heavy atom. The van der Waals surface area contributed by atoms with E-state index in [1.54, 1.807) is 0 Å². The van der Waals surface area contributed by atoms with Crippen LogP contribution in [0.15, 0.2) is 24.3 Å². The molecule has 1 aromatic rings. The SMILES string of the molecule is [CH2]C(F)(F)c1ccc([N+](=O)[O-])cc1. The van der Waals surface area contributed by atoms with Crippen LogP contribution in [0.1, 0.15) is 5.56 Å². The first-order chi connectivity index (χ1) is 5.91. The van der Waals surface area contributed by atoms with Crippen molar-refractivity contribution in [1.29, 1.82) is 0 Å². The lowest BCUT2D eigenvalue weighted by Gasteiger charge is -2.08. The summed E-state index contributed by atoms with van der Waals surface area (Å²) in [6.45, 7) is 2.61. The molecule has 0 aliphatic heterocycles. The van der Waals surface area contributed by atoms with Gasteiger partial charge in [-0.25, -0.2) is 8.78 Å². The molecular formula is C8H6F2NO2. The Labute approximate surface area is 73.1 Å². The maximum Gasteiger partial charge on any atom is 0.273 e. The number of hydrogen-bond acceptors (Lipinski definition) is 2. The van der Waals surface area contributed by atoms with Crippen molar-refractivity contribution in [1.82, 2.24) is 0 Å². The molecule has 0 aromatic heterocycles. The van der Waals surface area contributed by atoms with Gasteiger partial charge in [-0.05, 0) is 12.1 Å². The Morgan fingerprint density at radius 1 is 1.31 bits per heavy atom. The van der Waals surface area contributed by atoms with Crippen molar-refractivity contribution in [2.24, 2.45) is 0 Å². The third-order valence-corrected chi connectivity index (χ3v) is 1.50. The number of halogens is 2. The molecule has 0 heterocycles. The molecule has 5 heteroatoms. The van der Waals surface area contributed by atoms with E-state index in [-0.39, 0.29) is 11.3 Å². The molecule has 1 rings (SSSR count).